The van der Waals surface area contributed by atoms with Crippen LogP contribution >= 0.6 is 0 Å². The molecule has 2 amide bonds. The fourth-order valence-corrected chi connectivity index (χ4v) is 3.40. The van der Waals surface area contributed by atoms with Gasteiger partial charge in [-0.1, -0.05) is 12.1 Å². The Morgan fingerprint density at radius 3 is 2.72 bits per heavy atom. The molecule has 0 saturated carbocycles. The van der Waals surface area contributed by atoms with Crippen LogP contribution in [0.4, 0.5) is 4.39 Å². The Morgan fingerprint density at radius 1 is 1.20 bits per heavy atom. The van der Waals surface area contributed by atoms with Crippen molar-refractivity contribution in [2.45, 2.75) is 25.3 Å². The van der Waals surface area contributed by atoms with Crippen LogP contribution in [0.25, 0.3) is 0 Å². The number of rotatable bonds is 4. The number of nitrogens with one attached hydrogen (secondary N) is 1. The van der Waals surface area contributed by atoms with Crippen molar-refractivity contribution >= 4 is 11.8 Å². The maximum atomic E-state index is 13.5. The van der Waals surface area contributed by atoms with Crippen LogP contribution < -0.4 is 10.1 Å². The minimum absolute atomic E-state index is 0.102. The Kier molecular flexibility index (Phi) is 5.86. The van der Waals surface area contributed by atoms with Crippen molar-refractivity contribution in [2.24, 2.45) is 0 Å². The number of hydrogen-bond acceptors (Lipinski definition) is 4. The zero-order chi connectivity index (χ0) is 17.6. The van der Waals surface area contributed by atoms with Crippen molar-refractivity contribution in [3.05, 3.63) is 30.1 Å². The molecule has 2 aliphatic rings. The lowest BCUT2D eigenvalue weighted by atomic mass is 10.1. The third kappa shape index (κ3) is 4.69. The predicted octanol–water partition coefficient (Wildman–Crippen LogP) is 1.02. The van der Waals surface area contributed by atoms with Crippen molar-refractivity contribution in [3.63, 3.8) is 0 Å². The molecule has 6 nitrogen and oxygen atoms in total. The van der Waals surface area contributed by atoms with Crippen molar-refractivity contribution in [1.82, 2.24) is 15.1 Å². The first-order chi connectivity index (χ1) is 12.1. The van der Waals surface area contributed by atoms with Gasteiger partial charge in [-0.25, -0.2) is 4.39 Å². The van der Waals surface area contributed by atoms with Crippen LogP contribution in [0, 0.1) is 5.82 Å². The smallest absolute Gasteiger partial charge is 0.260 e. The maximum absolute atomic E-state index is 13.5. The first-order valence-electron chi connectivity index (χ1n) is 8.79. The summed E-state index contributed by atoms with van der Waals surface area (Å²) >= 11 is 0. The summed E-state index contributed by atoms with van der Waals surface area (Å²) in [6, 6.07) is 6.48. The second-order valence-corrected chi connectivity index (χ2v) is 6.47. The molecule has 0 spiro atoms. The molecule has 0 aliphatic carbocycles. The highest BCUT2D eigenvalue weighted by molar-refractivity contribution is 5.78. The Balaban J connectivity index is 1.44. The van der Waals surface area contributed by atoms with Crippen molar-refractivity contribution < 1.29 is 18.7 Å². The van der Waals surface area contributed by atoms with Crippen LogP contribution in [0.1, 0.15) is 19.3 Å². The van der Waals surface area contributed by atoms with E-state index >= 15 is 0 Å². The zero-order valence-electron chi connectivity index (χ0n) is 14.2. The van der Waals surface area contributed by atoms with Gasteiger partial charge in [-0.3, -0.25) is 14.5 Å². The number of carbonyl (C=O) groups excluding carboxylic acids is 2. The molecular formula is C18H24FN3O3. The molecule has 0 aromatic heterocycles. The van der Waals surface area contributed by atoms with Gasteiger partial charge in [-0.2, -0.15) is 0 Å². The normalized spacial score (nSPS) is 22.2. The summed E-state index contributed by atoms with van der Waals surface area (Å²) < 4.78 is 18.8. The van der Waals surface area contributed by atoms with Crippen LogP contribution in [0.2, 0.25) is 0 Å². The molecule has 1 unspecified atom stereocenters. The summed E-state index contributed by atoms with van der Waals surface area (Å²) in [5, 5.41) is 2.90. The standard InChI is InChI=1S/C18H24FN3O3/c19-15-3-1-2-4-16(15)25-13-18(24)22-11-9-21(10-12-22)14-5-6-17(23)20-8-7-14/h1-4,14H,5-13H2,(H,20,23). The summed E-state index contributed by atoms with van der Waals surface area (Å²) in [7, 11) is 0. The molecule has 1 aromatic rings. The fourth-order valence-electron chi connectivity index (χ4n) is 3.40. The van der Waals surface area contributed by atoms with Gasteiger partial charge in [-0.05, 0) is 25.0 Å². The quantitative estimate of drug-likeness (QED) is 0.882. The molecule has 1 N–H and O–H groups in total. The Morgan fingerprint density at radius 2 is 1.96 bits per heavy atom. The Bertz CT molecular complexity index is 617. The first-order valence-corrected chi connectivity index (χ1v) is 8.79. The summed E-state index contributed by atoms with van der Waals surface area (Å²) in [5.41, 5.74) is 0. The number of amides is 2. The van der Waals surface area contributed by atoms with E-state index in [4.69, 9.17) is 4.74 Å². The summed E-state index contributed by atoms with van der Waals surface area (Å²) in [6.45, 7) is 3.44. The molecular weight excluding hydrogens is 325 g/mol. The fraction of sp³-hybridized carbons (Fsp3) is 0.556. The van der Waals surface area contributed by atoms with E-state index in [-0.39, 0.29) is 24.2 Å². The van der Waals surface area contributed by atoms with Crippen molar-refractivity contribution in [1.29, 1.82) is 0 Å². The van der Waals surface area contributed by atoms with Gasteiger partial charge >= 0.3 is 0 Å². The van der Waals surface area contributed by atoms with Gasteiger partial charge in [0.1, 0.15) is 0 Å². The van der Waals surface area contributed by atoms with Gasteiger partial charge in [0.25, 0.3) is 5.91 Å². The average Bonchev–Trinajstić information content (AvgIpc) is 2.85. The molecule has 2 fully saturated rings. The predicted molar refractivity (Wildman–Crippen MR) is 90.7 cm³/mol. The van der Waals surface area contributed by atoms with Gasteiger partial charge in [0, 0.05) is 45.2 Å². The topological polar surface area (TPSA) is 61.9 Å². The minimum Gasteiger partial charge on any atom is -0.481 e. The molecule has 2 saturated heterocycles. The number of halogens is 1. The lowest BCUT2D eigenvalue weighted by Gasteiger charge is -2.39. The molecule has 0 bridgehead atoms. The van der Waals surface area contributed by atoms with Crippen molar-refractivity contribution in [3.8, 4) is 5.75 Å². The lowest BCUT2D eigenvalue weighted by molar-refractivity contribution is -0.135. The number of ether oxygens (including phenoxy) is 1. The van der Waals surface area contributed by atoms with E-state index < -0.39 is 5.82 Å². The molecule has 136 valence electrons. The lowest BCUT2D eigenvalue weighted by Crippen LogP contribution is -2.53. The van der Waals surface area contributed by atoms with E-state index in [0.717, 1.165) is 32.5 Å². The summed E-state index contributed by atoms with van der Waals surface area (Å²) in [4.78, 5) is 27.8. The van der Waals surface area contributed by atoms with E-state index in [0.29, 0.717) is 25.6 Å². The van der Waals surface area contributed by atoms with Gasteiger partial charge < -0.3 is 15.0 Å². The summed E-state index contributed by atoms with van der Waals surface area (Å²) in [6.07, 6.45) is 2.40. The largest absolute Gasteiger partial charge is 0.481 e. The second kappa shape index (κ2) is 8.29. The van der Waals surface area contributed by atoms with E-state index in [1.165, 1.54) is 12.1 Å². The monoisotopic (exact) mass is 349 g/mol. The van der Waals surface area contributed by atoms with E-state index in [1.54, 1.807) is 17.0 Å². The highest BCUT2D eigenvalue weighted by Gasteiger charge is 2.27. The summed E-state index contributed by atoms with van der Waals surface area (Å²) in [5.74, 6) is -0.357. The molecule has 2 heterocycles. The van der Waals surface area contributed by atoms with Gasteiger partial charge in [0.2, 0.25) is 5.91 Å². The maximum Gasteiger partial charge on any atom is 0.260 e. The van der Waals surface area contributed by atoms with E-state index in [1.807, 2.05) is 0 Å². The molecule has 25 heavy (non-hydrogen) atoms. The molecule has 7 heteroatoms. The van der Waals surface area contributed by atoms with Crippen LogP contribution in [0.15, 0.2) is 24.3 Å². The highest BCUT2D eigenvalue weighted by Crippen LogP contribution is 2.17. The van der Waals surface area contributed by atoms with Crippen LogP contribution in [0.5, 0.6) is 5.75 Å². The molecule has 0 radical (unpaired) electrons. The Labute approximate surface area is 146 Å². The minimum atomic E-state index is -0.461. The Hall–Kier alpha value is -2.15. The SMILES string of the molecule is O=C1CCC(N2CCN(C(=O)COc3ccccc3F)CC2)CCN1. The zero-order valence-corrected chi connectivity index (χ0v) is 14.2. The molecule has 2 aliphatic heterocycles. The number of nitrogens with zero attached hydrogens (tertiary/aromatic N) is 2. The van der Waals surface area contributed by atoms with Crippen molar-refractivity contribution in [2.75, 3.05) is 39.3 Å². The number of para-hydroxylation sites is 1. The van der Waals surface area contributed by atoms with Gasteiger partial charge in [-0.15, -0.1) is 0 Å². The van der Waals surface area contributed by atoms with Gasteiger partial charge in [0.15, 0.2) is 18.2 Å². The van der Waals surface area contributed by atoms with E-state index in [2.05, 4.69) is 10.2 Å². The highest BCUT2D eigenvalue weighted by atomic mass is 19.1. The van der Waals surface area contributed by atoms with E-state index in [9.17, 15) is 14.0 Å². The number of piperazine rings is 1. The van der Waals surface area contributed by atoms with Gasteiger partial charge in [0.05, 0.1) is 0 Å². The third-order valence-electron chi connectivity index (χ3n) is 4.88. The molecule has 1 atom stereocenters. The second-order valence-electron chi connectivity index (χ2n) is 6.47. The molecule has 1 aromatic carbocycles. The number of benzene rings is 1. The molecule has 3 rings (SSSR count). The van der Waals surface area contributed by atoms with Crippen LogP contribution in [-0.2, 0) is 9.59 Å². The third-order valence-corrected chi connectivity index (χ3v) is 4.88. The number of hydrogen-bond donors (Lipinski definition) is 1. The first kappa shape index (κ1) is 17.7. The average molecular weight is 349 g/mol. The van der Waals surface area contributed by atoms with Crippen LogP contribution in [0.3, 0.4) is 0 Å². The van der Waals surface area contributed by atoms with Crippen LogP contribution in [-0.4, -0.2) is 67.0 Å². The number of carbonyl (C=O) groups is 2.